The van der Waals surface area contributed by atoms with Crippen molar-refractivity contribution < 1.29 is 53.1 Å². The number of carbonyl (C=O) groups excluding carboxylic acids is 5. The summed E-state index contributed by atoms with van der Waals surface area (Å²) in [5.74, 6) is -5.91. The first-order chi connectivity index (χ1) is 18.0. The SMILES string of the molecule is CC(=O)OC(CCCCCCCCCCCCCCCCC(=O)OC(=O)C(O)CO)(OC(C)=O)OC(C)=O. The molecule has 220 valence electrons. The highest BCUT2D eigenvalue weighted by Crippen LogP contribution is 2.25. The molecule has 0 rings (SSSR count). The molecule has 0 spiro atoms. The minimum absolute atomic E-state index is 0.0876. The highest BCUT2D eigenvalue weighted by molar-refractivity contribution is 5.87. The van der Waals surface area contributed by atoms with Gasteiger partial charge >= 0.3 is 35.8 Å². The van der Waals surface area contributed by atoms with Crippen LogP contribution in [0, 0.1) is 0 Å². The summed E-state index contributed by atoms with van der Waals surface area (Å²) in [6.45, 7) is 2.70. The van der Waals surface area contributed by atoms with Crippen LogP contribution in [0.2, 0.25) is 0 Å². The molecule has 0 saturated carbocycles. The number of carbonyl (C=O) groups is 5. The molecule has 0 aliphatic heterocycles. The molecule has 2 N–H and O–H groups in total. The highest BCUT2D eigenvalue weighted by Gasteiger charge is 2.41. The van der Waals surface area contributed by atoms with Crippen molar-refractivity contribution in [1.29, 1.82) is 0 Å². The van der Waals surface area contributed by atoms with Crippen LogP contribution in [0.1, 0.15) is 124 Å². The van der Waals surface area contributed by atoms with Crippen molar-refractivity contribution in [2.24, 2.45) is 0 Å². The largest absolute Gasteiger partial charge is 0.423 e. The first kappa shape index (κ1) is 35.5. The zero-order chi connectivity index (χ0) is 28.8. The van der Waals surface area contributed by atoms with Gasteiger partial charge in [0.05, 0.1) is 13.0 Å². The molecule has 0 aliphatic carbocycles. The number of aliphatic hydroxyl groups excluding tert-OH is 2. The third-order valence-corrected chi connectivity index (χ3v) is 5.67. The van der Waals surface area contributed by atoms with Gasteiger partial charge in [0.25, 0.3) is 0 Å². The van der Waals surface area contributed by atoms with E-state index in [9.17, 15) is 24.0 Å². The monoisotopic (exact) mass is 546 g/mol. The summed E-state index contributed by atoms with van der Waals surface area (Å²) in [6, 6.07) is 0. The number of rotatable bonds is 22. The predicted molar refractivity (Wildman–Crippen MR) is 136 cm³/mol. The fourth-order valence-corrected chi connectivity index (χ4v) is 3.91. The molecule has 0 heterocycles. The summed E-state index contributed by atoms with van der Waals surface area (Å²) in [4.78, 5) is 56.9. The van der Waals surface area contributed by atoms with Gasteiger partial charge in [0.2, 0.25) is 0 Å². The van der Waals surface area contributed by atoms with Crippen LogP contribution in [0.4, 0.5) is 0 Å². The van der Waals surface area contributed by atoms with Crippen molar-refractivity contribution in [2.45, 2.75) is 136 Å². The van der Waals surface area contributed by atoms with Crippen LogP contribution in [0.15, 0.2) is 0 Å². The highest BCUT2D eigenvalue weighted by atomic mass is 16.9. The summed E-state index contributed by atoms with van der Waals surface area (Å²) in [7, 11) is 0. The normalized spacial score (nSPS) is 11.9. The van der Waals surface area contributed by atoms with Crippen LogP contribution in [0.3, 0.4) is 0 Å². The van der Waals surface area contributed by atoms with Crippen LogP contribution in [-0.2, 0) is 42.9 Å². The van der Waals surface area contributed by atoms with Crippen LogP contribution in [0.5, 0.6) is 0 Å². The van der Waals surface area contributed by atoms with Gasteiger partial charge in [0, 0.05) is 27.2 Å². The van der Waals surface area contributed by atoms with Crippen molar-refractivity contribution in [3.05, 3.63) is 0 Å². The molecule has 1 atom stereocenters. The van der Waals surface area contributed by atoms with Gasteiger partial charge < -0.3 is 29.2 Å². The predicted octanol–water partition coefficient (Wildman–Crippen LogP) is 3.99. The van der Waals surface area contributed by atoms with Crippen molar-refractivity contribution in [3.63, 3.8) is 0 Å². The fourth-order valence-electron chi connectivity index (χ4n) is 3.91. The van der Waals surface area contributed by atoms with Gasteiger partial charge in [-0.1, -0.05) is 77.0 Å². The van der Waals surface area contributed by atoms with E-state index in [0.717, 1.165) is 78.6 Å². The lowest BCUT2D eigenvalue weighted by Crippen LogP contribution is -2.43. The Morgan fingerprint density at radius 2 is 0.947 bits per heavy atom. The Morgan fingerprint density at radius 3 is 1.29 bits per heavy atom. The Labute approximate surface area is 225 Å². The van der Waals surface area contributed by atoms with Crippen molar-refractivity contribution in [3.8, 4) is 0 Å². The summed E-state index contributed by atoms with van der Waals surface area (Å²) >= 11 is 0. The van der Waals surface area contributed by atoms with E-state index in [2.05, 4.69) is 4.74 Å². The molecule has 0 bridgehead atoms. The number of esters is 5. The van der Waals surface area contributed by atoms with E-state index >= 15 is 0 Å². The second kappa shape index (κ2) is 21.4. The summed E-state index contributed by atoms with van der Waals surface area (Å²) in [6.07, 6.45) is 12.5. The molecule has 0 amide bonds. The maximum atomic E-state index is 11.5. The van der Waals surface area contributed by atoms with Crippen LogP contribution in [-0.4, -0.2) is 58.7 Å². The first-order valence-corrected chi connectivity index (χ1v) is 13.6. The standard InChI is InChI=1S/C27H46O11/c1-21(29)36-27(37-22(2)30,38-23(3)31)19-17-15-13-11-9-7-5-4-6-8-10-12-14-16-18-25(33)35-26(34)24(32)20-28/h24,28,32H,4-20H2,1-3H3. The Morgan fingerprint density at radius 1 is 0.605 bits per heavy atom. The maximum Gasteiger partial charge on any atom is 0.423 e. The van der Waals surface area contributed by atoms with E-state index in [1.54, 1.807) is 0 Å². The second-order valence-electron chi connectivity index (χ2n) is 9.41. The van der Waals surface area contributed by atoms with Gasteiger partial charge in [-0.05, 0) is 12.8 Å². The molecule has 0 fully saturated rings. The quantitative estimate of drug-likeness (QED) is 0.0873. The topological polar surface area (TPSA) is 163 Å². The lowest BCUT2D eigenvalue weighted by Gasteiger charge is -2.30. The molecule has 0 aromatic carbocycles. The minimum atomic E-state index is -2.00. The van der Waals surface area contributed by atoms with Crippen LogP contribution in [0.25, 0.3) is 0 Å². The lowest BCUT2D eigenvalue weighted by molar-refractivity contribution is -0.330. The van der Waals surface area contributed by atoms with Crippen LogP contribution < -0.4 is 0 Å². The number of unbranched alkanes of at least 4 members (excludes halogenated alkanes) is 13. The van der Waals surface area contributed by atoms with Gasteiger partial charge in [-0.25, -0.2) is 4.79 Å². The Hall–Kier alpha value is -2.53. The second-order valence-corrected chi connectivity index (χ2v) is 9.41. The van der Waals surface area contributed by atoms with Gasteiger partial charge in [0.1, 0.15) is 0 Å². The Balaban J connectivity index is 3.75. The zero-order valence-electron chi connectivity index (χ0n) is 23.2. The van der Waals surface area contributed by atoms with E-state index in [0.29, 0.717) is 12.8 Å². The summed E-state index contributed by atoms with van der Waals surface area (Å²) < 4.78 is 19.6. The number of hydrogen-bond acceptors (Lipinski definition) is 11. The molecule has 0 aliphatic rings. The van der Waals surface area contributed by atoms with Crippen molar-refractivity contribution >= 4 is 29.8 Å². The Bertz CT molecular complexity index is 679. The molecule has 38 heavy (non-hydrogen) atoms. The average molecular weight is 547 g/mol. The molecule has 11 heteroatoms. The van der Waals surface area contributed by atoms with Gasteiger partial charge in [-0.2, -0.15) is 0 Å². The van der Waals surface area contributed by atoms with E-state index in [4.69, 9.17) is 24.4 Å². The van der Waals surface area contributed by atoms with Gasteiger partial charge in [-0.3, -0.25) is 19.2 Å². The average Bonchev–Trinajstić information content (AvgIpc) is 2.81. The molecular formula is C27H46O11. The molecule has 0 radical (unpaired) electrons. The molecule has 11 nitrogen and oxygen atoms in total. The number of ether oxygens (including phenoxy) is 4. The molecular weight excluding hydrogens is 500 g/mol. The third kappa shape index (κ3) is 19.6. The zero-order valence-corrected chi connectivity index (χ0v) is 23.2. The van der Waals surface area contributed by atoms with E-state index in [-0.39, 0.29) is 12.8 Å². The summed E-state index contributed by atoms with van der Waals surface area (Å²) in [5.41, 5.74) is 0. The Kier molecular flexibility index (Phi) is 20.0. The van der Waals surface area contributed by atoms with E-state index < -0.39 is 48.5 Å². The van der Waals surface area contributed by atoms with E-state index in [1.807, 2.05) is 0 Å². The lowest BCUT2D eigenvalue weighted by atomic mass is 10.0. The molecule has 1 unspecified atom stereocenters. The van der Waals surface area contributed by atoms with Gasteiger partial charge in [0.15, 0.2) is 6.10 Å². The first-order valence-electron chi connectivity index (χ1n) is 13.6. The number of aliphatic hydroxyl groups is 2. The smallest absolute Gasteiger partial charge is 0.393 e. The fraction of sp³-hybridized carbons (Fsp3) is 0.815. The molecule has 0 saturated heterocycles. The third-order valence-electron chi connectivity index (χ3n) is 5.67. The van der Waals surface area contributed by atoms with Crippen molar-refractivity contribution in [2.75, 3.05) is 6.61 Å². The van der Waals surface area contributed by atoms with Gasteiger partial charge in [-0.15, -0.1) is 0 Å². The molecule has 0 aromatic heterocycles. The summed E-state index contributed by atoms with van der Waals surface area (Å²) in [5, 5.41) is 17.7. The van der Waals surface area contributed by atoms with E-state index in [1.165, 1.54) is 19.3 Å². The van der Waals surface area contributed by atoms with Crippen molar-refractivity contribution in [1.82, 2.24) is 0 Å². The minimum Gasteiger partial charge on any atom is -0.393 e. The molecule has 0 aromatic rings. The maximum absolute atomic E-state index is 11.5. The van der Waals surface area contributed by atoms with Crippen LogP contribution >= 0.6 is 0 Å². The number of hydrogen-bond donors (Lipinski definition) is 2.